The highest BCUT2D eigenvalue weighted by Gasteiger charge is 2.32. The number of amides is 1. The Morgan fingerprint density at radius 3 is 2.59 bits per heavy atom. The highest BCUT2D eigenvalue weighted by Crippen LogP contribution is 2.29. The predicted molar refractivity (Wildman–Crippen MR) is 87.3 cm³/mol. The van der Waals surface area contributed by atoms with E-state index in [0.717, 1.165) is 16.5 Å². The molecule has 0 aliphatic carbocycles. The summed E-state index contributed by atoms with van der Waals surface area (Å²) in [5.41, 5.74) is 0.340. The van der Waals surface area contributed by atoms with E-state index in [0.29, 0.717) is 13.2 Å². The van der Waals surface area contributed by atoms with Gasteiger partial charge < -0.3 is 9.47 Å². The second kappa shape index (κ2) is 5.61. The van der Waals surface area contributed by atoms with Crippen LogP contribution in [0.2, 0.25) is 0 Å². The molecule has 22 heavy (non-hydrogen) atoms. The van der Waals surface area contributed by atoms with E-state index in [1.54, 1.807) is 4.90 Å². The van der Waals surface area contributed by atoms with Crippen LogP contribution in [0.15, 0.2) is 42.5 Å². The van der Waals surface area contributed by atoms with Crippen LogP contribution in [0.5, 0.6) is 0 Å². The molecule has 0 saturated carbocycles. The van der Waals surface area contributed by atoms with Crippen molar-refractivity contribution in [2.75, 3.05) is 18.1 Å². The standard InChI is InChI=1S/C18H21NO3/c1-18(2,3)22-17(20)19(11-14-12-21-14)16-10-6-8-13-7-4-5-9-15(13)16/h4-10,14H,11-12H2,1-3H3. The Bertz CT molecular complexity index is 681. The number of nitrogens with zero attached hydrogens (tertiary/aromatic N) is 1. The molecule has 4 nitrogen and oxygen atoms in total. The van der Waals surface area contributed by atoms with Crippen molar-refractivity contribution >= 4 is 22.6 Å². The van der Waals surface area contributed by atoms with Gasteiger partial charge in [0, 0.05) is 5.39 Å². The van der Waals surface area contributed by atoms with E-state index in [4.69, 9.17) is 9.47 Å². The monoisotopic (exact) mass is 299 g/mol. The molecular formula is C18H21NO3. The summed E-state index contributed by atoms with van der Waals surface area (Å²) < 4.78 is 10.9. The van der Waals surface area contributed by atoms with Crippen molar-refractivity contribution in [2.24, 2.45) is 0 Å². The van der Waals surface area contributed by atoms with Crippen molar-refractivity contribution in [3.05, 3.63) is 42.5 Å². The number of carbonyl (C=O) groups is 1. The normalized spacial score (nSPS) is 17.3. The van der Waals surface area contributed by atoms with Gasteiger partial charge in [-0.15, -0.1) is 0 Å². The molecule has 116 valence electrons. The number of rotatable bonds is 3. The molecule has 0 aromatic heterocycles. The Morgan fingerprint density at radius 2 is 1.91 bits per heavy atom. The van der Waals surface area contributed by atoms with Crippen molar-refractivity contribution < 1.29 is 14.3 Å². The van der Waals surface area contributed by atoms with E-state index in [1.807, 2.05) is 63.2 Å². The lowest BCUT2D eigenvalue weighted by atomic mass is 10.1. The second-order valence-corrected chi connectivity index (χ2v) is 6.54. The average Bonchev–Trinajstić information content (AvgIpc) is 3.26. The van der Waals surface area contributed by atoms with Gasteiger partial charge in [-0.1, -0.05) is 36.4 Å². The summed E-state index contributed by atoms with van der Waals surface area (Å²) in [5.74, 6) is 0. The maximum atomic E-state index is 12.6. The summed E-state index contributed by atoms with van der Waals surface area (Å²) in [6, 6.07) is 14.0. The molecule has 0 spiro atoms. The third kappa shape index (κ3) is 3.39. The predicted octanol–water partition coefficient (Wildman–Crippen LogP) is 3.98. The number of hydrogen-bond acceptors (Lipinski definition) is 3. The zero-order chi connectivity index (χ0) is 15.7. The summed E-state index contributed by atoms with van der Waals surface area (Å²) in [4.78, 5) is 14.3. The van der Waals surface area contributed by atoms with Crippen molar-refractivity contribution in [1.82, 2.24) is 0 Å². The van der Waals surface area contributed by atoms with Gasteiger partial charge in [0.1, 0.15) is 5.60 Å². The van der Waals surface area contributed by atoms with E-state index in [9.17, 15) is 4.79 Å². The van der Waals surface area contributed by atoms with Gasteiger partial charge in [-0.25, -0.2) is 4.79 Å². The average molecular weight is 299 g/mol. The molecule has 4 heteroatoms. The van der Waals surface area contributed by atoms with Gasteiger partial charge in [0.2, 0.25) is 0 Å². The van der Waals surface area contributed by atoms with Crippen molar-refractivity contribution in [3.8, 4) is 0 Å². The van der Waals surface area contributed by atoms with E-state index in [1.165, 1.54) is 0 Å². The number of anilines is 1. The maximum Gasteiger partial charge on any atom is 0.414 e. The number of fused-ring (bicyclic) bond motifs is 1. The first kappa shape index (κ1) is 14.9. The second-order valence-electron chi connectivity index (χ2n) is 6.54. The van der Waals surface area contributed by atoms with E-state index in [2.05, 4.69) is 0 Å². The minimum absolute atomic E-state index is 0.103. The molecule has 0 bridgehead atoms. The van der Waals surface area contributed by atoms with E-state index >= 15 is 0 Å². The summed E-state index contributed by atoms with van der Waals surface area (Å²) >= 11 is 0. The molecule has 2 aromatic carbocycles. The zero-order valence-electron chi connectivity index (χ0n) is 13.2. The Balaban J connectivity index is 1.98. The molecule has 1 amide bonds. The lowest BCUT2D eigenvalue weighted by molar-refractivity contribution is 0.0578. The lowest BCUT2D eigenvalue weighted by Crippen LogP contribution is -2.39. The Labute approximate surface area is 130 Å². The summed E-state index contributed by atoms with van der Waals surface area (Å²) in [5, 5.41) is 2.14. The van der Waals surface area contributed by atoms with Crippen LogP contribution in [0.4, 0.5) is 10.5 Å². The van der Waals surface area contributed by atoms with Crippen molar-refractivity contribution in [2.45, 2.75) is 32.5 Å². The number of benzene rings is 2. The lowest BCUT2D eigenvalue weighted by Gasteiger charge is -2.28. The fraction of sp³-hybridized carbons (Fsp3) is 0.389. The molecule has 1 unspecified atom stereocenters. The van der Waals surface area contributed by atoms with Crippen LogP contribution in [-0.4, -0.2) is 30.9 Å². The molecule has 0 radical (unpaired) electrons. The smallest absolute Gasteiger partial charge is 0.414 e. The molecule has 1 aliphatic heterocycles. The van der Waals surface area contributed by atoms with Crippen LogP contribution in [-0.2, 0) is 9.47 Å². The van der Waals surface area contributed by atoms with Gasteiger partial charge in [-0.2, -0.15) is 0 Å². The van der Waals surface area contributed by atoms with Crippen LogP contribution in [0.3, 0.4) is 0 Å². The van der Waals surface area contributed by atoms with Crippen molar-refractivity contribution in [1.29, 1.82) is 0 Å². The summed E-state index contributed by atoms with van der Waals surface area (Å²) in [6.07, 6.45) is -0.231. The van der Waals surface area contributed by atoms with Crippen LogP contribution in [0, 0.1) is 0 Å². The van der Waals surface area contributed by atoms with E-state index in [-0.39, 0.29) is 12.2 Å². The molecule has 1 heterocycles. The largest absolute Gasteiger partial charge is 0.443 e. The molecule has 0 N–H and O–H groups in total. The minimum atomic E-state index is -0.523. The van der Waals surface area contributed by atoms with Crippen LogP contribution < -0.4 is 4.90 Å². The number of epoxide rings is 1. The molecule has 2 aromatic rings. The first-order chi connectivity index (χ1) is 10.4. The maximum absolute atomic E-state index is 12.6. The van der Waals surface area contributed by atoms with E-state index < -0.39 is 5.60 Å². The zero-order valence-corrected chi connectivity index (χ0v) is 13.2. The van der Waals surface area contributed by atoms with Gasteiger partial charge in [0.05, 0.1) is 24.9 Å². The van der Waals surface area contributed by atoms with Crippen LogP contribution in [0.1, 0.15) is 20.8 Å². The molecule has 3 rings (SSSR count). The third-order valence-electron chi connectivity index (χ3n) is 3.46. The highest BCUT2D eigenvalue weighted by atomic mass is 16.6. The van der Waals surface area contributed by atoms with Crippen molar-refractivity contribution in [3.63, 3.8) is 0 Å². The van der Waals surface area contributed by atoms with Gasteiger partial charge in [-0.05, 0) is 32.2 Å². The molecule has 1 aliphatic rings. The van der Waals surface area contributed by atoms with Crippen LogP contribution >= 0.6 is 0 Å². The third-order valence-corrected chi connectivity index (χ3v) is 3.46. The molecular weight excluding hydrogens is 278 g/mol. The first-order valence-corrected chi connectivity index (χ1v) is 7.54. The summed E-state index contributed by atoms with van der Waals surface area (Å²) in [6.45, 7) is 6.84. The number of hydrogen-bond donors (Lipinski definition) is 0. The molecule has 1 fully saturated rings. The van der Waals surface area contributed by atoms with Crippen LogP contribution in [0.25, 0.3) is 10.8 Å². The number of carbonyl (C=O) groups excluding carboxylic acids is 1. The first-order valence-electron chi connectivity index (χ1n) is 7.54. The Hall–Kier alpha value is -2.07. The van der Waals surface area contributed by atoms with Gasteiger partial charge >= 0.3 is 6.09 Å². The number of ether oxygens (including phenoxy) is 2. The van der Waals surface area contributed by atoms with Gasteiger partial charge in [0.25, 0.3) is 0 Å². The Kier molecular flexibility index (Phi) is 3.79. The molecule has 1 atom stereocenters. The fourth-order valence-corrected chi connectivity index (χ4v) is 2.41. The fourth-order valence-electron chi connectivity index (χ4n) is 2.41. The van der Waals surface area contributed by atoms with Gasteiger partial charge in [-0.3, -0.25) is 4.90 Å². The Morgan fingerprint density at radius 1 is 1.23 bits per heavy atom. The van der Waals surface area contributed by atoms with Gasteiger partial charge in [0.15, 0.2) is 0 Å². The highest BCUT2D eigenvalue weighted by molar-refractivity contribution is 6.01. The SMILES string of the molecule is CC(C)(C)OC(=O)N(CC1CO1)c1cccc2ccccc12. The minimum Gasteiger partial charge on any atom is -0.443 e. The topological polar surface area (TPSA) is 42.1 Å². The molecule has 1 saturated heterocycles. The summed E-state index contributed by atoms with van der Waals surface area (Å²) in [7, 11) is 0. The quantitative estimate of drug-likeness (QED) is 0.805.